The summed E-state index contributed by atoms with van der Waals surface area (Å²) in [6.07, 6.45) is 0. The Kier molecular flexibility index (Phi) is 5.18. The number of hydrogen-bond acceptors (Lipinski definition) is 4. The van der Waals surface area contributed by atoms with E-state index in [0.717, 1.165) is 16.8 Å². The number of aryl methyl sites for hydroxylation is 2. The van der Waals surface area contributed by atoms with Crippen molar-refractivity contribution in [3.63, 3.8) is 0 Å². The van der Waals surface area contributed by atoms with E-state index in [-0.39, 0.29) is 5.91 Å². The predicted octanol–water partition coefficient (Wildman–Crippen LogP) is 5.11. The van der Waals surface area contributed by atoms with E-state index in [9.17, 15) is 4.79 Å². The van der Waals surface area contributed by atoms with Crippen LogP contribution < -0.4 is 5.32 Å². The van der Waals surface area contributed by atoms with Crippen molar-refractivity contribution in [1.29, 1.82) is 0 Å². The molecule has 2 aromatic heterocycles. The summed E-state index contributed by atoms with van der Waals surface area (Å²) in [7, 11) is 0. The molecule has 0 aliphatic rings. The van der Waals surface area contributed by atoms with Gasteiger partial charge >= 0.3 is 0 Å². The molecule has 2 heterocycles. The molecule has 0 aliphatic heterocycles. The Bertz CT molecular complexity index is 1150. The molecule has 0 saturated carbocycles. The average molecular weight is 407 g/mol. The van der Waals surface area contributed by atoms with Crippen LogP contribution in [-0.4, -0.2) is 20.8 Å². The van der Waals surface area contributed by atoms with Gasteiger partial charge in [0.1, 0.15) is 17.0 Å². The molecule has 1 amide bonds. The predicted molar refractivity (Wildman–Crippen MR) is 112 cm³/mol. The van der Waals surface area contributed by atoms with Crippen LogP contribution in [0.25, 0.3) is 11.3 Å². The average Bonchev–Trinajstić information content (AvgIpc) is 3.26. The molecule has 0 fully saturated rings. The molecular formula is C22H19ClN4O2. The number of nitrogens with one attached hydrogen (secondary N) is 1. The van der Waals surface area contributed by atoms with Gasteiger partial charge in [-0.3, -0.25) is 9.48 Å². The fraction of sp³-hybridized carbons (Fsp3) is 0.136. The molecule has 0 spiro atoms. The van der Waals surface area contributed by atoms with Crippen LogP contribution in [0.5, 0.6) is 0 Å². The Morgan fingerprint density at radius 1 is 1.10 bits per heavy atom. The highest BCUT2D eigenvalue weighted by Crippen LogP contribution is 2.26. The number of amides is 1. The van der Waals surface area contributed by atoms with Gasteiger partial charge in [0.15, 0.2) is 5.82 Å². The molecule has 4 rings (SSSR count). The van der Waals surface area contributed by atoms with Gasteiger partial charge in [-0.25, -0.2) is 0 Å². The third-order valence-corrected chi connectivity index (χ3v) is 4.86. The van der Waals surface area contributed by atoms with E-state index in [4.69, 9.17) is 16.1 Å². The quantitative estimate of drug-likeness (QED) is 0.500. The monoisotopic (exact) mass is 406 g/mol. The van der Waals surface area contributed by atoms with E-state index in [2.05, 4.69) is 15.6 Å². The smallest absolute Gasteiger partial charge is 0.262 e. The summed E-state index contributed by atoms with van der Waals surface area (Å²) in [6, 6.07) is 18.9. The van der Waals surface area contributed by atoms with Crippen LogP contribution >= 0.6 is 11.6 Å². The van der Waals surface area contributed by atoms with Gasteiger partial charge in [0.05, 0.1) is 6.54 Å². The van der Waals surface area contributed by atoms with E-state index < -0.39 is 0 Å². The second kappa shape index (κ2) is 7.93. The van der Waals surface area contributed by atoms with E-state index >= 15 is 0 Å². The molecule has 146 valence electrons. The third-order valence-electron chi connectivity index (χ3n) is 4.61. The van der Waals surface area contributed by atoms with Crippen LogP contribution in [0.1, 0.15) is 27.4 Å². The van der Waals surface area contributed by atoms with Gasteiger partial charge in [0, 0.05) is 22.3 Å². The summed E-state index contributed by atoms with van der Waals surface area (Å²) in [5.41, 5.74) is 3.73. The zero-order valence-corrected chi connectivity index (χ0v) is 16.8. The summed E-state index contributed by atoms with van der Waals surface area (Å²) in [4.78, 5) is 12.9. The first-order chi connectivity index (χ1) is 14.0. The number of halogens is 1. The molecule has 6 nitrogen and oxygen atoms in total. The largest absolute Gasteiger partial charge is 0.360 e. The molecule has 1 N–H and O–H groups in total. The number of carbonyl (C=O) groups is 1. The third kappa shape index (κ3) is 4.07. The normalized spacial score (nSPS) is 10.9. The van der Waals surface area contributed by atoms with Crippen molar-refractivity contribution in [3.8, 4) is 11.3 Å². The SMILES string of the molecule is Cc1onc(-c2ccccc2)c1C(=O)Nc1cc(C)n(Cc2ccc(Cl)cc2)n1. The summed E-state index contributed by atoms with van der Waals surface area (Å²) in [6.45, 7) is 4.25. The molecular weight excluding hydrogens is 388 g/mol. The highest BCUT2D eigenvalue weighted by molar-refractivity contribution is 6.30. The minimum absolute atomic E-state index is 0.307. The van der Waals surface area contributed by atoms with Crippen LogP contribution in [-0.2, 0) is 6.54 Å². The fourth-order valence-electron chi connectivity index (χ4n) is 3.11. The number of rotatable bonds is 5. The molecule has 4 aromatic rings. The van der Waals surface area contributed by atoms with Crippen molar-refractivity contribution in [1.82, 2.24) is 14.9 Å². The molecule has 0 saturated heterocycles. The molecule has 2 aromatic carbocycles. The molecule has 29 heavy (non-hydrogen) atoms. The van der Waals surface area contributed by atoms with Crippen LogP contribution in [0.15, 0.2) is 65.2 Å². The van der Waals surface area contributed by atoms with Crippen molar-refractivity contribution in [2.75, 3.05) is 5.32 Å². The lowest BCUT2D eigenvalue weighted by molar-refractivity contribution is 0.102. The summed E-state index contributed by atoms with van der Waals surface area (Å²) in [5.74, 6) is 0.624. The first-order valence-electron chi connectivity index (χ1n) is 9.13. The number of carbonyl (C=O) groups excluding carboxylic acids is 1. The van der Waals surface area contributed by atoms with E-state index in [0.29, 0.717) is 34.4 Å². The Balaban J connectivity index is 1.56. The van der Waals surface area contributed by atoms with Gasteiger partial charge < -0.3 is 9.84 Å². The topological polar surface area (TPSA) is 73.0 Å². The van der Waals surface area contributed by atoms with Crippen molar-refractivity contribution in [3.05, 3.63) is 88.3 Å². The first kappa shape index (κ1) is 19.0. The van der Waals surface area contributed by atoms with E-state index in [1.165, 1.54) is 0 Å². The molecule has 0 atom stereocenters. The highest BCUT2D eigenvalue weighted by atomic mass is 35.5. The van der Waals surface area contributed by atoms with Gasteiger partial charge in [-0.05, 0) is 31.5 Å². The maximum absolute atomic E-state index is 12.9. The highest BCUT2D eigenvalue weighted by Gasteiger charge is 2.22. The van der Waals surface area contributed by atoms with Gasteiger partial charge in [0.2, 0.25) is 0 Å². The lowest BCUT2D eigenvalue weighted by atomic mass is 10.1. The van der Waals surface area contributed by atoms with Crippen LogP contribution in [0.2, 0.25) is 5.02 Å². The number of anilines is 1. The van der Waals surface area contributed by atoms with Gasteiger partial charge in [0.25, 0.3) is 5.91 Å². The lowest BCUT2D eigenvalue weighted by Crippen LogP contribution is -2.14. The van der Waals surface area contributed by atoms with Gasteiger partial charge in [-0.2, -0.15) is 5.10 Å². The fourth-order valence-corrected chi connectivity index (χ4v) is 3.23. The Hall–Kier alpha value is -3.38. The molecule has 0 unspecified atom stereocenters. The maximum atomic E-state index is 12.9. The summed E-state index contributed by atoms with van der Waals surface area (Å²) in [5, 5.41) is 12.1. The zero-order valence-electron chi connectivity index (χ0n) is 16.0. The maximum Gasteiger partial charge on any atom is 0.262 e. The first-order valence-corrected chi connectivity index (χ1v) is 9.51. The van der Waals surface area contributed by atoms with Crippen molar-refractivity contribution in [2.45, 2.75) is 20.4 Å². The van der Waals surface area contributed by atoms with Crippen molar-refractivity contribution >= 4 is 23.3 Å². The van der Waals surface area contributed by atoms with E-state index in [1.54, 1.807) is 6.92 Å². The number of nitrogens with zero attached hydrogens (tertiary/aromatic N) is 3. The number of benzene rings is 2. The Morgan fingerprint density at radius 2 is 1.83 bits per heavy atom. The summed E-state index contributed by atoms with van der Waals surface area (Å²) >= 11 is 5.94. The Morgan fingerprint density at radius 3 is 2.55 bits per heavy atom. The molecule has 0 bridgehead atoms. The minimum atomic E-state index is -0.307. The molecule has 0 aliphatic carbocycles. The minimum Gasteiger partial charge on any atom is -0.360 e. The summed E-state index contributed by atoms with van der Waals surface area (Å²) < 4.78 is 7.11. The van der Waals surface area contributed by atoms with Crippen LogP contribution in [0.4, 0.5) is 5.82 Å². The zero-order chi connectivity index (χ0) is 20.4. The van der Waals surface area contributed by atoms with Crippen molar-refractivity contribution in [2.24, 2.45) is 0 Å². The van der Waals surface area contributed by atoms with Crippen molar-refractivity contribution < 1.29 is 9.32 Å². The number of hydrogen-bond donors (Lipinski definition) is 1. The second-order valence-corrected chi connectivity index (χ2v) is 7.17. The molecule has 7 heteroatoms. The second-order valence-electron chi connectivity index (χ2n) is 6.74. The van der Waals surface area contributed by atoms with E-state index in [1.807, 2.05) is 72.3 Å². The van der Waals surface area contributed by atoms with Gasteiger partial charge in [-0.1, -0.05) is 59.2 Å². The van der Waals surface area contributed by atoms with Gasteiger partial charge in [-0.15, -0.1) is 0 Å². The molecule has 0 radical (unpaired) electrons. The van der Waals surface area contributed by atoms with Crippen LogP contribution in [0.3, 0.4) is 0 Å². The number of aromatic nitrogens is 3. The standard InChI is InChI=1S/C22H19ClN4O2/c1-14-12-19(25-27(14)13-16-8-10-18(23)11-9-16)24-22(28)20-15(2)29-26-21(20)17-6-4-3-5-7-17/h3-12H,13H2,1-2H3,(H,24,25,28). The Labute approximate surface area is 173 Å². The lowest BCUT2D eigenvalue weighted by Gasteiger charge is -2.05. The van der Waals surface area contributed by atoms with Crippen LogP contribution in [0, 0.1) is 13.8 Å².